The molecule has 1 radical (unpaired) electrons. The van der Waals surface area contributed by atoms with Crippen molar-refractivity contribution < 1.29 is 14.3 Å². The fraction of sp³-hybridized carbons (Fsp3) is 0.250. The highest BCUT2D eigenvalue weighted by molar-refractivity contribution is 5.59. The molecule has 3 nitrogen and oxygen atoms in total. The molecule has 1 atom stereocenters. The molecule has 77 valence electrons. The van der Waals surface area contributed by atoms with Crippen LogP contribution in [0, 0.1) is 5.92 Å². The van der Waals surface area contributed by atoms with Crippen molar-refractivity contribution in [1.82, 2.24) is 0 Å². The maximum Gasteiger partial charge on any atom is 0.229 e. The summed E-state index contributed by atoms with van der Waals surface area (Å²) in [4.78, 5) is 10.8. The van der Waals surface area contributed by atoms with E-state index in [2.05, 4.69) is 0 Å². The third kappa shape index (κ3) is 2.37. The van der Waals surface area contributed by atoms with E-state index in [-0.39, 0.29) is 12.7 Å². The van der Waals surface area contributed by atoms with E-state index in [1.54, 1.807) is 0 Å². The maximum absolute atomic E-state index is 10.8. The van der Waals surface area contributed by atoms with E-state index in [1.807, 2.05) is 36.6 Å². The van der Waals surface area contributed by atoms with Gasteiger partial charge in [-0.2, -0.15) is 0 Å². The number of benzene rings is 1. The topological polar surface area (TPSA) is 35.5 Å². The molecule has 0 saturated carbocycles. The van der Waals surface area contributed by atoms with Gasteiger partial charge >= 0.3 is 0 Å². The predicted octanol–water partition coefficient (Wildman–Crippen LogP) is 1.80. The van der Waals surface area contributed by atoms with Crippen molar-refractivity contribution in [2.75, 3.05) is 6.79 Å². The lowest BCUT2D eigenvalue weighted by molar-refractivity contribution is 0.0744. The summed E-state index contributed by atoms with van der Waals surface area (Å²) >= 11 is 0. The van der Waals surface area contributed by atoms with Gasteiger partial charge in [0, 0.05) is 0 Å². The quantitative estimate of drug-likeness (QED) is 0.748. The molecule has 0 aliphatic carbocycles. The molecule has 1 heterocycles. The molecule has 2 rings (SSSR count). The average molecular weight is 203 g/mol. The van der Waals surface area contributed by atoms with Crippen molar-refractivity contribution in [3.05, 3.63) is 47.9 Å². The smallest absolute Gasteiger partial charge is 0.229 e. The van der Waals surface area contributed by atoms with Gasteiger partial charge in [-0.25, -0.2) is 0 Å². The van der Waals surface area contributed by atoms with Crippen LogP contribution in [0.5, 0.6) is 0 Å². The van der Waals surface area contributed by atoms with Crippen LogP contribution < -0.4 is 0 Å². The number of carbonyl (C=O) groups excluding carboxylic acids is 1. The molecule has 1 unspecified atom stereocenters. The molecule has 3 heteroatoms. The Morgan fingerprint density at radius 3 is 2.73 bits per heavy atom. The highest BCUT2D eigenvalue weighted by atomic mass is 16.7. The molecule has 1 aliphatic rings. The molecule has 0 N–H and O–H groups in total. The Labute approximate surface area is 88.3 Å². The summed E-state index contributed by atoms with van der Waals surface area (Å²) < 4.78 is 10.1. The van der Waals surface area contributed by atoms with Gasteiger partial charge in [-0.3, -0.25) is 4.79 Å². The Hall–Kier alpha value is -1.77. The second kappa shape index (κ2) is 4.64. The molecule has 0 saturated heterocycles. The third-order valence-electron chi connectivity index (χ3n) is 2.26. The lowest BCUT2D eigenvalue weighted by Gasteiger charge is -2.08. The number of allylic oxidation sites excluding steroid dienone is 1. The van der Waals surface area contributed by atoms with E-state index in [0.717, 1.165) is 5.56 Å². The van der Waals surface area contributed by atoms with Gasteiger partial charge in [0.25, 0.3) is 0 Å². The van der Waals surface area contributed by atoms with Crippen molar-refractivity contribution in [2.45, 2.75) is 6.42 Å². The average Bonchev–Trinajstić information content (AvgIpc) is 2.81. The van der Waals surface area contributed by atoms with Crippen molar-refractivity contribution in [2.24, 2.45) is 5.92 Å². The summed E-state index contributed by atoms with van der Waals surface area (Å²) in [5.41, 5.74) is 1.09. The molecule has 0 amide bonds. The Bertz CT molecular complexity index is 356. The number of hydrogen-bond donors (Lipinski definition) is 0. The van der Waals surface area contributed by atoms with Gasteiger partial charge in [0.2, 0.25) is 13.1 Å². The molecule has 0 bridgehead atoms. The largest absolute Gasteiger partial charge is 0.462 e. The fourth-order valence-electron chi connectivity index (χ4n) is 1.49. The zero-order valence-corrected chi connectivity index (χ0v) is 8.18. The molecule has 1 aromatic rings. The summed E-state index contributed by atoms with van der Waals surface area (Å²) in [5.74, 6) is 0.198. The van der Waals surface area contributed by atoms with Crippen LogP contribution in [-0.4, -0.2) is 13.1 Å². The van der Waals surface area contributed by atoms with Gasteiger partial charge in [-0.15, -0.1) is 0 Å². The molecular formula is C12H11O3. The summed E-state index contributed by atoms with van der Waals surface area (Å²) in [6, 6.07) is 9.77. The Balaban J connectivity index is 2.05. The highest BCUT2D eigenvalue weighted by Gasteiger charge is 2.20. The van der Waals surface area contributed by atoms with Crippen LogP contribution in [0.4, 0.5) is 0 Å². The first-order chi connectivity index (χ1) is 7.40. The second-order valence-electron chi connectivity index (χ2n) is 3.31. The van der Waals surface area contributed by atoms with E-state index >= 15 is 0 Å². The predicted molar refractivity (Wildman–Crippen MR) is 54.4 cm³/mol. The van der Waals surface area contributed by atoms with Crippen LogP contribution in [0.15, 0.2) is 42.4 Å². The minimum atomic E-state index is -0.366. The molecule has 1 aromatic carbocycles. The first-order valence-electron chi connectivity index (χ1n) is 4.76. The Kier molecular flexibility index (Phi) is 3.02. The van der Waals surface area contributed by atoms with E-state index < -0.39 is 0 Å². The molecular weight excluding hydrogens is 192 g/mol. The van der Waals surface area contributed by atoms with Gasteiger partial charge in [-0.1, -0.05) is 30.3 Å². The van der Waals surface area contributed by atoms with E-state index in [1.165, 1.54) is 6.26 Å². The zero-order chi connectivity index (χ0) is 10.5. The minimum Gasteiger partial charge on any atom is -0.462 e. The molecule has 0 fully saturated rings. The van der Waals surface area contributed by atoms with Crippen LogP contribution >= 0.6 is 0 Å². The van der Waals surface area contributed by atoms with E-state index in [0.29, 0.717) is 12.2 Å². The zero-order valence-electron chi connectivity index (χ0n) is 8.18. The summed E-state index contributed by atoms with van der Waals surface area (Å²) in [6.45, 7) is 0.197. The highest BCUT2D eigenvalue weighted by Crippen LogP contribution is 2.19. The van der Waals surface area contributed by atoms with Crippen molar-refractivity contribution in [3.63, 3.8) is 0 Å². The number of rotatable bonds is 4. The maximum atomic E-state index is 10.8. The van der Waals surface area contributed by atoms with Crippen LogP contribution in [0.3, 0.4) is 0 Å². The van der Waals surface area contributed by atoms with E-state index in [4.69, 9.17) is 9.47 Å². The fourth-order valence-corrected chi connectivity index (χ4v) is 1.49. The lowest BCUT2D eigenvalue weighted by atomic mass is 9.99. The minimum absolute atomic E-state index is 0.197. The summed E-state index contributed by atoms with van der Waals surface area (Å²) in [6.07, 6.45) is 4.05. The van der Waals surface area contributed by atoms with Gasteiger partial charge in [-0.05, 0) is 12.0 Å². The van der Waals surface area contributed by atoms with Gasteiger partial charge in [0.05, 0.1) is 5.92 Å². The van der Waals surface area contributed by atoms with Crippen molar-refractivity contribution in [1.29, 1.82) is 0 Å². The van der Waals surface area contributed by atoms with Crippen LogP contribution in [0.2, 0.25) is 0 Å². The van der Waals surface area contributed by atoms with Crippen molar-refractivity contribution >= 4 is 6.29 Å². The monoisotopic (exact) mass is 203 g/mol. The van der Waals surface area contributed by atoms with Crippen LogP contribution in [0.25, 0.3) is 0 Å². The Morgan fingerprint density at radius 2 is 2.13 bits per heavy atom. The first-order valence-corrected chi connectivity index (χ1v) is 4.76. The third-order valence-corrected chi connectivity index (χ3v) is 2.26. The lowest BCUT2D eigenvalue weighted by Crippen LogP contribution is -2.10. The molecule has 15 heavy (non-hydrogen) atoms. The second-order valence-corrected chi connectivity index (χ2v) is 3.31. The first kappa shape index (κ1) is 9.77. The SMILES string of the molecule is O=[C]C(Cc1ccccc1)C1=COCO1. The van der Waals surface area contributed by atoms with Crippen molar-refractivity contribution in [3.8, 4) is 0 Å². The summed E-state index contributed by atoms with van der Waals surface area (Å²) in [5, 5.41) is 0. The van der Waals surface area contributed by atoms with Crippen LogP contribution in [0.1, 0.15) is 5.56 Å². The van der Waals surface area contributed by atoms with E-state index in [9.17, 15) is 4.79 Å². The molecule has 0 aromatic heterocycles. The standard InChI is InChI=1S/C12H11O3/c13-7-11(12-8-14-9-15-12)6-10-4-2-1-3-5-10/h1-5,8,11H,6,9H2. The van der Waals surface area contributed by atoms with Crippen LogP contribution in [-0.2, 0) is 20.7 Å². The van der Waals surface area contributed by atoms with Gasteiger partial charge in [0.15, 0.2) is 0 Å². The summed E-state index contributed by atoms with van der Waals surface area (Å²) in [7, 11) is 0. The number of hydrogen-bond acceptors (Lipinski definition) is 3. The number of ether oxygens (including phenoxy) is 2. The van der Waals surface area contributed by atoms with Gasteiger partial charge < -0.3 is 9.47 Å². The molecule has 0 spiro atoms. The normalized spacial score (nSPS) is 16.1. The molecule has 1 aliphatic heterocycles. The van der Waals surface area contributed by atoms with Gasteiger partial charge in [0.1, 0.15) is 12.0 Å². The Morgan fingerprint density at radius 1 is 1.33 bits per heavy atom.